The molecule has 0 aromatic rings. The van der Waals surface area contributed by atoms with Gasteiger partial charge in [0.05, 0.1) is 12.1 Å². The molecule has 124 valence electrons. The smallest absolute Gasteiger partial charge is 0.337 e. The first-order valence-electron chi connectivity index (χ1n) is 7.90. The molecular formula is C15H25N3O4. The lowest BCUT2D eigenvalue weighted by Crippen LogP contribution is -2.65. The summed E-state index contributed by atoms with van der Waals surface area (Å²) in [5.41, 5.74) is 4.11. The second-order valence-corrected chi connectivity index (χ2v) is 6.54. The zero-order chi connectivity index (χ0) is 16.5. The van der Waals surface area contributed by atoms with Crippen LogP contribution in [0.1, 0.15) is 39.5 Å². The number of nitrogens with zero attached hydrogens (tertiary/aromatic N) is 1. The van der Waals surface area contributed by atoms with E-state index in [1.165, 1.54) is 4.90 Å². The van der Waals surface area contributed by atoms with Crippen molar-refractivity contribution in [1.82, 2.24) is 10.2 Å². The summed E-state index contributed by atoms with van der Waals surface area (Å²) in [5.74, 6) is -2.29. The Morgan fingerprint density at radius 2 is 2.00 bits per heavy atom. The van der Waals surface area contributed by atoms with Gasteiger partial charge in [-0.05, 0) is 38.1 Å². The Morgan fingerprint density at radius 3 is 2.50 bits per heavy atom. The van der Waals surface area contributed by atoms with Crippen molar-refractivity contribution in [2.24, 2.45) is 11.7 Å². The normalized spacial score (nSPS) is 29.8. The number of carboxylic acids is 1. The maximum atomic E-state index is 12.8. The van der Waals surface area contributed by atoms with Gasteiger partial charge in [-0.2, -0.15) is 0 Å². The van der Waals surface area contributed by atoms with E-state index in [0.717, 1.165) is 13.0 Å². The van der Waals surface area contributed by atoms with E-state index >= 15 is 0 Å². The van der Waals surface area contributed by atoms with Crippen molar-refractivity contribution in [2.45, 2.75) is 57.2 Å². The maximum absolute atomic E-state index is 12.8. The van der Waals surface area contributed by atoms with Crippen LogP contribution in [-0.4, -0.2) is 58.4 Å². The topological polar surface area (TPSA) is 113 Å². The number of hydrogen-bond acceptors (Lipinski definition) is 5. The Bertz CT molecular complexity index is 473. The summed E-state index contributed by atoms with van der Waals surface area (Å²) in [5, 5.41) is 12.8. The standard InChI is InChI=1S/C15H25N3O4/c1-9(2)11(16)12(19)15(14(21)22)6-4-8-18(15)13(20)10-5-3-7-17-10/h9-11,17H,3-8,16H2,1-2H3,(H,21,22). The number of likely N-dealkylation sites (tertiary alicyclic amines) is 1. The minimum atomic E-state index is -1.80. The monoisotopic (exact) mass is 311 g/mol. The number of rotatable bonds is 5. The van der Waals surface area contributed by atoms with Crippen LogP contribution in [0.15, 0.2) is 0 Å². The fourth-order valence-corrected chi connectivity index (χ4v) is 3.36. The van der Waals surface area contributed by atoms with Gasteiger partial charge in [-0.25, -0.2) is 4.79 Å². The number of Topliss-reactive ketones (excluding diaryl/α,β-unsaturated/α-hetero) is 1. The molecule has 0 spiro atoms. The van der Waals surface area contributed by atoms with Gasteiger partial charge in [0.2, 0.25) is 11.4 Å². The molecule has 7 heteroatoms. The molecule has 0 radical (unpaired) electrons. The van der Waals surface area contributed by atoms with Crippen molar-refractivity contribution in [3.05, 3.63) is 0 Å². The number of carbonyl (C=O) groups excluding carboxylic acids is 2. The van der Waals surface area contributed by atoms with Gasteiger partial charge in [-0.3, -0.25) is 9.59 Å². The molecule has 2 aliphatic heterocycles. The molecule has 2 fully saturated rings. The average molecular weight is 311 g/mol. The number of nitrogens with one attached hydrogen (secondary N) is 1. The first-order chi connectivity index (χ1) is 10.3. The van der Waals surface area contributed by atoms with E-state index in [-0.39, 0.29) is 24.3 Å². The zero-order valence-electron chi connectivity index (χ0n) is 13.2. The molecule has 2 aliphatic rings. The number of amides is 1. The Labute approximate surface area is 130 Å². The van der Waals surface area contributed by atoms with E-state index in [9.17, 15) is 19.5 Å². The Kier molecular flexibility index (Phi) is 4.87. The molecule has 0 aromatic heterocycles. The largest absolute Gasteiger partial charge is 0.479 e. The number of ketones is 1. The predicted octanol–water partition coefficient (Wildman–Crippen LogP) is -0.263. The third kappa shape index (κ3) is 2.63. The van der Waals surface area contributed by atoms with Gasteiger partial charge >= 0.3 is 5.97 Å². The van der Waals surface area contributed by atoms with E-state index < -0.39 is 23.3 Å². The van der Waals surface area contributed by atoms with Crippen molar-refractivity contribution in [3.8, 4) is 0 Å². The summed E-state index contributed by atoms with van der Waals surface area (Å²) in [6.45, 7) is 4.58. The highest BCUT2D eigenvalue weighted by Gasteiger charge is 2.57. The van der Waals surface area contributed by atoms with E-state index in [1.807, 2.05) is 0 Å². The average Bonchev–Trinajstić information content (AvgIpc) is 3.14. The van der Waals surface area contributed by atoms with Crippen molar-refractivity contribution < 1.29 is 19.5 Å². The Hall–Kier alpha value is -1.47. The lowest BCUT2D eigenvalue weighted by Gasteiger charge is -2.37. The summed E-state index contributed by atoms with van der Waals surface area (Å²) < 4.78 is 0. The molecule has 0 saturated carbocycles. The van der Waals surface area contributed by atoms with E-state index in [4.69, 9.17) is 5.73 Å². The van der Waals surface area contributed by atoms with Crippen molar-refractivity contribution in [3.63, 3.8) is 0 Å². The van der Waals surface area contributed by atoms with Crippen LogP contribution in [0.3, 0.4) is 0 Å². The second-order valence-electron chi connectivity index (χ2n) is 6.54. The van der Waals surface area contributed by atoms with Crippen LogP contribution in [0, 0.1) is 5.92 Å². The van der Waals surface area contributed by atoms with Crippen LogP contribution >= 0.6 is 0 Å². The number of aliphatic carboxylic acids is 1. The number of hydrogen-bond donors (Lipinski definition) is 3. The van der Waals surface area contributed by atoms with E-state index in [2.05, 4.69) is 5.32 Å². The van der Waals surface area contributed by atoms with E-state index in [0.29, 0.717) is 19.4 Å². The fourth-order valence-electron chi connectivity index (χ4n) is 3.36. The molecule has 0 bridgehead atoms. The van der Waals surface area contributed by atoms with Crippen molar-refractivity contribution in [2.75, 3.05) is 13.1 Å². The molecule has 0 aliphatic carbocycles. The van der Waals surface area contributed by atoms with Gasteiger partial charge < -0.3 is 21.1 Å². The second kappa shape index (κ2) is 6.34. The SMILES string of the molecule is CC(C)C(N)C(=O)C1(C(=O)O)CCCN1C(=O)C1CCCN1. The van der Waals surface area contributed by atoms with Gasteiger partial charge in [0.25, 0.3) is 0 Å². The molecule has 3 unspecified atom stereocenters. The quantitative estimate of drug-likeness (QED) is 0.603. The highest BCUT2D eigenvalue weighted by atomic mass is 16.4. The number of carboxylic acid groups (broad SMARTS) is 1. The number of carbonyl (C=O) groups is 3. The third-order valence-corrected chi connectivity index (χ3v) is 4.79. The van der Waals surface area contributed by atoms with Crippen molar-refractivity contribution >= 4 is 17.7 Å². The summed E-state index contributed by atoms with van der Waals surface area (Å²) in [6, 6.07) is -1.28. The first-order valence-corrected chi connectivity index (χ1v) is 7.90. The first kappa shape index (κ1) is 16.9. The zero-order valence-corrected chi connectivity index (χ0v) is 13.2. The van der Waals surface area contributed by atoms with Gasteiger partial charge in [-0.15, -0.1) is 0 Å². The van der Waals surface area contributed by atoms with Gasteiger partial charge in [0, 0.05) is 6.54 Å². The summed E-state index contributed by atoms with van der Waals surface area (Å²) >= 11 is 0. The van der Waals surface area contributed by atoms with Crippen LogP contribution in [-0.2, 0) is 14.4 Å². The highest BCUT2D eigenvalue weighted by molar-refractivity contribution is 6.13. The van der Waals surface area contributed by atoms with Crippen LogP contribution < -0.4 is 11.1 Å². The van der Waals surface area contributed by atoms with Crippen LogP contribution in [0.2, 0.25) is 0 Å². The summed E-state index contributed by atoms with van der Waals surface area (Å²) in [7, 11) is 0. The van der Waals surface area contributed by atoms with Gasteiger partial charge in [-0.1, -0.05) is 13.8 Å². The van der Waals surface area contributed by atoms with Crippen LogP contribution in [0.4, 0.5) is 0 Å². The molecule has 3 atom stereocenters. The summed E-state index contributed by atoms with van der Waals surface area (Å²) in [6.07, 6.45) is 2.20. The van der Waals surface area contributed by atoms with Gasteiger partial charge in [0.1, 0.15) is 0 Å². The lowest BCUT2D eigenvalue weighted by atomic mass is 9.83. The molecule has 22 heavy (non-hydrogen) atoms. The lowest BCUT2D eigenvalue weighted by molar-refractivity contribution is -0.163. The maximum Gasteiger partial charge on any atom is 0.337 e. The molecule has 2 heterocycles. The summed E-state index contributed by atoms with van der Waals surface area (Å²) in [4.78, 5) is 38.6. The highest BCUT2D eigenvalue weighted by Crippen LogP contribution is 2.34. The molecule has 2 saturated heterocycles. The molecule has 4 N–H and O–H groups in total. The molecular weight excluding hydrogens is 286 g/mol. The molecule has 1 amide bonds. The van der Waals surface area contributed by atoms with Crippen LogP contribution in [0.25, 0.3) is 0 Å². The molecule has 0 aromatic carbocycles. The third-order valence-electron chi connectivity index (χ3n) is 4.79. The van der Waals surface area contributed by atoms with Crippen LogP contribution in [0.5, 0.6) is 0 Å². The Balaban J connectivity index is 2.33. The van der Waals surface area contributed by atoms with Crippen molar-refractivity contribution in [1.29, 1.82) is 0 Å². The minimum Gasteiger partial charge on any atom is -0.479 e. The predicted molar refractivity (Wildman–Crippen MR) is 80.2 cm³/mol. The Morgan fingerprint density at radius 1 is 1.32 bits per heavy atom. The molecule has 7 nitrogen and oxygen atoms in total. The number of nitrogens with two attached hydrogens (primary N) is 1. The minimum absolute atomic E-state index is 0.139. The van der Waals surface area contributed by atoms with E-state index in [1.54, 1.807) is 13.8 Å². The fraction of sp³-hybridized carbons (Fsp3) is 0.800. The van der Waals surface area contributed by atoms with Gasteiger partial charge in [0.15, 0.2) is 5.78 Å². The molecule has 2 rings (SSSR count).